The van der Waals surface area contributed by atoms with E-state index in [0.717, 1.165) is 51.0 Å². The van der Waals surface area contributed by atoms with Crippen molar-refractivity contribution in [3.05, 3.63) is 54.7 Å². The van der Waals surface area contributed by atoms with Gasteiger partial charge in [0, 0.05) is 55.7 Å². The molecule has 11 heteroatoms. The van der Waals surface area contributed by atoms with E-state index < -0.39 is 11.8 Å². The smallest absolute Gasteiger partial charge is 0.316 e. The number of carbonyl (C=O) groups is 3. The van der Waals surface area contributed by atoms with Gasteiger partial charge in [-0.3, -0.25) is 14.4 Å². The number of hydrogen-bond acceptors (Lipinski definition) is 8. The third-order valence-corrected chi connectivity index (χ3v) is 8.63. The van der Waals surface area contributed by atoms with E-state index in [1.54, 1.807) is 23.2 Å². The van der Waals surface area contributed by atoms with Crippen LogP contribution in [0.3, 0.4) is 0 Å². The van der Waals surface area contributed by atoms with Crippen molar-refractivity contribution >= 4 is 40.6 Å². The highest BCUT2D eigenvalue weighted by atomic mass is 16.2. The number of pyridine rings is 1. The minimum atomic E-state index is -0.599. The number of amides is 3. The molecular formula is C32H40N8O3. The molecule has 0 spiro atoms. The summed E-state index contributed by atoms with van der Waals surface area (Å²) in [5, 5.41) is 18.3. The number of nitriles is 1. The monoisotopic (exact) mass is 584 g/mol. The number of anilines is 4. The van der Waals surface area contributed by atoms with E-state index in [1.165, 1.54) is 6.08 Å². The molecule has 0 radical (unpaired) electrons. The molecule has 1 aromatic heterocycles. The molecular weight excluding hydrogens is 544 g/mol. The molecule has 2 aromatic rings. The SMILES string of the molecule is C=CC(=O)Nc1cc(N(C(=O)C(=O)NC2CC2)C2CCC(Nc3ccc(C#N)cn3)CC2)ccc1N1CCN(C)[C@@H](C)C1. The summed E-state index contributed by atoms with van der Waals surface area (Å²) >= 11 is 0. The minimum absolute atomic E-state index is 0.0576. The second-order valence-electron chi connectivity index (χ2n) is 11.8. The molecule has 1 aromatic carbocycles. The molecule has 1 aliphatic heterocycles. The van der Waals surface area contributed by atoms with Crippen LogP contribution < -0.4 is 25.8 Å². The van der Waals surface area contributed by atoms with Gasteiger partial charge in [0.05, 0.1) is 16.9 Å². The van der Waals surface area contributed by atoms with Crippen molar-refractivity contribution in [2.24, 2.45) is 0 Å². The van der Waals surface area contributed by atoms with Gasteiger partial charge in [0.15, 0.2) is 0 Å². The standard InChI is InChI=1S/C32H40N8O3/c1-4-30(41)37-27-17-26(12-13-28(27)39-16-15-38(3)21(2)20-39)40(32(43)31(42)36-24-6-7-24)25-10-8-23(9-11-25)35-29-14-5-22(18-33)19-34-29/h4-5,12-14,17,19,21,23-25H,1,6-11,15-16,20H2,2-3H3,(H,34,35)(H,36,42)(H,37,41)/t21-,23?,25?/m0/s1. The van der Waals surface area contributed by atoms with Crippen molar-refractivity contribution in [2.45, 2.75) is 69.6 Å². The number of piperazine rings is 1. The number of carbonyl (C=O) groups excluding carboxylic acids is 3. The normalized spacial score (nSPS) is 22.2. The van der Waals surface area contributed by atoms with Crippen LogP contribution in [-0.2, 0) is 14.4 Å². The lowest BCUT2D eigenvalue weighted by molar-refractivity contribution is -0.138. The fraction of sp³-hybridized carbons (Fsp3) is 0.469. The number of nitrogens with zero attached hydrogens (tertiary/aromatic N) is 5. The average Bonchev–Trinajstić information content (AvgIpc) is 3.84. The Labute approximate surface area is 252 Å². The molecule has 226 valence electrons. The van der Waals surface area contributed by atoms with Gasteiger partial charge in [-0.25, -0.2) is 4.98 Å². The molecule has 2 heterocycles. The van der Waals surface area contributed by atoms with E-state index in [9.17, 15) is 14.4 Å². The maximum absolute atomic E-state index is 13.7. The third-order valence-electron chi connectivity index (χ3n) is 8.63. The first kappa shape index (κ1) is 30.0. The van der Waals surface area contributed by atoms with Crippen molar-refractivity contribution in [2.75, 3.05) is 47.1 Å². The van der Waals surface area contributed by atoms with Crippen LogP contribution in [0.2, 0.25) is 0 Å². The maximum Gasteiger partial charge on any atom is 0.316 e. The Morgan fingerprint density at radius 3 is 2.44 bits per heavy atom. The molecule has 43 heavy (non-hydrogen) atoms. The van der Waals surface area contributed by atoms with Crippen molar-refractivity contribution in [3.8, 4) is 6.07 Å². The molecule has 2 saturated carbocycles. The molecule has 0 unspecified atom stereocenters. The Bertz CT molecular complexity index is 1390. The van der Waals surface area contributed by atoms with Crippen molar-refractivity contribution < 1.29 is 14.4 Å². The quantitative estimate of drug-likeness (QED) is 0.318. The molecule has 3 fully saturated rings. The molecule has 11 nitrogen and oxygen atoms in total. The van der Waals surface area contributed by atoms with Crippen LogP contribution in [0.15, 0.2) is 49.2 Å². The zero-order valence-electron chi connectivity index (χ0n) is 24.9. The summed E-state index contributed by atoms with van der Waals surface area (Å²) in [4.78, 5) is 49.8. The van der Waals surface area contributed by atoms with Gasteiger partial charge < -0.3 is 30.7 Å². The van der Waals surface area contributed by atoms with E-state index in [0.29, 0.717) is 41.6 Å². The van der Waals surface area contributed by atoms with E-state index in [2.05, 4.69) is 57.4 Å². The van der Waals surface area contributed by atoms with Crippen LogP contribution in [0.25, 0.3) is 0 Å². The Morgan fingerprint density at radius 1 is 1.07 bits per heavy atom. The number of benzene rings is 1. The molecule has 3 amide bonds. The lowest BCUT2D eigenvalue weighted by atomic mass is 9.89. The van der Waals surface area contributed by atoms with Crippen LogP contribution in [0.1, 0.15) is 51.0 Å². The Hall–Kier alpha value is -4.43. The number of likely N-dealkylation sites (N-methyl/N-ethyl adjacent to an activating group) is 1. The zero-order chi connectivity index (χ0) is 30.5. The summed E-state index contributed by atoms with van der Waals surface area (Å²) in [5.74, 6) is -0.819. The van der Waals surface area contributed by atoms with Crippen LogP contribution >= 0.6 is 0 Å². The summed E-state index contributed by atoms with van der Waals surface area (Å²) in [6.45, 7) is 8.26. The summed E-state index contributed by atoms with van der Waals surface area (Å²) in [5.41, 5.74) is 2.54. The molecule has 3 aliphatic rings. The van der Waals surface area contributed by atoms with Crippen LogP contribution in [0.5, 0.6) is 0 Å². The van der Waals surface area contributed by atoms with Gasteiger partial charge in [-0.1, -0.05) is 6.58 Å². The molecule has 0 bridgehead atoms. The summed E-state index contributed by atoms with van der Waals surface area (Å²) in [7, 11) is 2.10. The summed E-state index contributed by atoms with van der Waals surface area (Å²) < 4.78 is 0. The Morgan fingerprint density at radius 2 is 1.81 bits per heavy atom. The van der Waals surface area contributed by atoms with Gasteiger partial charge in [-0.15, -0.1) is 0 Å². The fourth-order valence-corrected chi connectivity index (χ4v) is 5.81. The van der Waals surface area contributed by atoms with Crippen molar-refractivity contribution in [1.29, 1.82) is 5.26 Å². The lowest BCUT2D eigenvalue weighted by Crippen LogP contribution is -2.51. The predicted molar refractivity (Wildman–Crippen MR) is 167 cm³/mol. The topological polar surface area (TPSA) is 134 Å². The lowest BCUT2D eigenvalue weighted by Gasteiger charge is -2.40. The van der Waals surface area contributed by atoms with Gasteiger partial charge in [-0.2, -0.15) is 5.26 Å². The predicted octanol–water partition coefficient (Wildman–Crippen LogP) is 3.25. The minimum Gasteiger partial charge on any atom is -0.367 e. The van der Waals surface area contributed by atoms with E-state index >= 15 is 0 Å². The third kappa shape index (κ3) is 7.32. The van der Waals surface area contributed by atoms with Crippen LogP contribution in [-0.4, -0.2) is 78.5 Å². The van der Waals surface area contributed by atoms with Crippen LogP contribution in [0.4, 0.5) is 22.9 Å². The molecule has 5 rings (SSSR count). The van der Waals surface area contributed by atoms with Crippen molar-refractivity contribution in [1.82, 2.24) is 15.2 Å². The zero-order valence-corrected chi connectivity index (χ0v) is 24.9. The van der Waals surface area contributed by atoms with Gasteiger partial charge in [-0.05, 0) is 88.9 Å². The van der Waals surface area contributed by atoms with E-state index in [-0.39, 0.29) is 24.0 Å². The number of nitrogens with one attached hydrogen (secondary N) is 3. The maximum atomic E-state index is 13.7. The molecule has 2 aliphatic carbocycles. The second kappa shape index (κ2) is 13.3. The first-order chi connectivity index (χ1) is 20.7. The number of aromatic nitrogens is 1. The molecule has 1 saturated heterocycles. The summed E-state index contributed by atoms with van der Waals surface area (Å²) in [6, 6.07) is 11.6. The largest absolute Gasteiger partial charge is 0.367 e. The van der Waals surface area contributed by atoms with Gasteiger partial charge in [0.25, 0.3) is 0 Å². The number of rotatable bonds is 8. The Kier molecular flexibility index (Phi) is 9.26. The molecule has 3 N–H and O–H groups in total. The van der Waals surface area contributed by atoms with Gasteiger partial charge in [0.1, 0.15) is 11.9 Å². The first-order valence-electron chi connectivity index (χ1n) is 15.0. The number of hydrogen-bond donors (Lipinski definition) is 3. The molecule has 1 atom stereocenters. The van der Waals surface area contributed by atoms with E-state index in [1.807, 2.05) is 18.2 Å². The van der Waals surface area contributed by atoms with Crippen molar-refractivity contribution in [3.63, 3.8) is 0 Å². The van der Waals surface area contributed by atoms with Gasteiger partial charge in [0.2, 0.25) is 5.91 Å². The highest BCUT2D eigenvalue weighted by Gasteiger charge is 2.36. The summed E-state index contributed by atoms with van der Waals surface area (Å²) in [6.07, 6.45) is 7.46. The average molecular weight is 585 g/mol. The van der Waals surface area contributed by atoms with Crippen LogP contribution in [0, 0.1) is 11.3 Å². The van der Waals surface area contributed by atoms with E-state index in [4.69, 9.17) is 5.26 Å². The fourth-order valence-electron chi connectivity index (χ4n) is 5.81. The first-order valence-corrected chi connectivity index (χ1v) is 15.0. The Balaban J connectivity index is 1.39. The highest BCUT2D eigenvalue weighted by molar-refractivity contribution is 6.40. The van der Waals surface area contributed by atoms with Gasteiger partial charge >= 0.3 is 11.8 Å². The second-order valence-corrected chi connectivity index (χ2v) is 11.8. The highest BCUT2D eigenvalue weighted by Crippen LogP contribution is 2.36.